The van der Waals surface area contributed by atoms with E-state index in [2.05, 4.69) is 24.8 Å². The normalized spacial score (nSPS) is 12.4. The van der Waals surface area contributed by atoms with Crippen LogP contribution in [0.4, 0.5) is 0 Å². The lowest BCUT2D eigenvalue weighted by atomic mass is 9.98. The molecular weight excluding hydrogens is 228 g/mol. The van der Waals surface area contributed by atoms with Gasteiger partial charge in [0.05, 0.1) is 6.10 Å². The summed E-state index contributed by atoms with van der Waals surface area (Å²) in [6.07, 6.45) is 0.193. The maximum absolute atomic E-state index is 10.2. The summed E-state index contributed by atoms with van der Waals surface area (Å²) in [6, 6.07) is 17.9. The van der Waals surface area contributed by atoms with E-state index < -0.39 is 6.10 Å². The molecular formula is C15H16OS. The predicted octanol–water partition coefficient (Wildman–Crippen LogP) is 3.39. The van der Waals surface area contributed by atoms with Gasteiger partial charge in [0.25, 0.3) is 0 Å². The van der Waals surface area contributed by atoms with Crippen LogP contribution in [0.2, 0.25) is 0 Å². The topological polar surface area (TPSA) is 20.2 Å². The van der Waals surface area contributed by atoms with Crippen molar-refractivity contribution in [3.63, 3.8) is 0 Å². The highest BCUT2D eigenvalue weighted by Crippen LogP contribution is 2.21. The van der Waals surface area contributed by atoms with E-state index in [1.807, 2.05) is 42.5 Å². The lowest BCUT2D eigenvalue weighted by molar-refractivity contribution is 0.178. The first-order chi connectivity index (χ1) is 8.31. The van der Waals surface area contributed by atoms with Gasteiger partial charge in [-0.05, 0) is 16.7 Å². The molecule has 0 saturated heterocycles. The van der Waals surface area contributed by atoms with Crippen LogP contribution in [0.3, 0.4) is 0 Å². The van der Waals surface area contributed by atoms with Gasteiger partial charge in [-0.15, -0.1) is 0 Å². The molecule has 0 saturated carbocycles. The van der Waals surface area contributed by atoms with Crippen LogP contribution >= 0.6 is 12.6 Å². The van der Waals surface area contributed by atoms with E-state index in [4.69, 9.17) is 0 Å². The maximum atomic E-state index is 10.2. The van der Waals surface area contributed by atoms with Crippen molar-refractivity contribution in [1.29, 1.82) is 0 Å². The summed E-state index contributed by atoms with van der Waals surface area (Å²) in [5, 5.41) is 10.2. The molecule has 1 N–H and O–H groups in total. The second kappa shape index (κ2) is 5.89. The summed E-state index contributed by atoms with van der Waals surface area (Å²) < 4.78 is 0. The second-order valence-electron chi connectivity index (χ2n) is 4.06. The molecule has 2 heteroatoms. The van der Waals surface area contributed by atoms with Crippen molar-refractivity contribution in [3.05, 3.63) is 71.3 Å². The van der Waals surface area contributed by atoms with E-state index >= 15 is 0 Å². The summed E-state index contributed by atoms with van der Waals surface area (Å²) >= 11 is 4.31. The van der Waals surface area contributed by atoms with Crippen LogP contribution in [-0.2, 0) is 12.2 Å². The van der Waals surface area contributed by atoms with E-state index in [0.717, 1.165) is 5.56 Å². The molecule has 1 atom stereocenters. The fourth-order valence-corrected chi connectivity index (χ4v) is 2.22. The number of hydrogen-bond donors (Lipinski definition) is 2. The molecule has 0 spiro atoms. The molecule has 88 valence electrons. The third kappa shape index (κ3) is 3.11. The standard InChI is InChI=1S/C15H16OS/c16-15(12-6-2-1-3-7-12)10-13-8-4-5-9-14(13)11-17/h1-9,15-17H,10-11H2. The molecule has 1 nitrogen and oxygen atoms in total. The van der Waals surface area contributed by atoms with Crippen LogP contribution in [-0.4, -0.2) is 5.11 Å². The summed E-state index contributed by atoms with van der Waals surface area (Å²) in [4.78, 5) is 0. The Kier molecular flexibility index (Phi) is 4.24. The molecule has 0 aromatic heterocycles. The first kappa shape index (κ1) is 12.2. The number of thiol groups is 1. The van der Waals surface area contributed by atoms with Crippen molar-refractivity contribution < 1.29 is 5.11 Å². The van der Waals surface area contributed by atoms with Crippen LogP contribution in [0.5, 0.6) is 0 Å². The van der Waals surface area contributed by atoms with Gasteiger partial charge in [0.15, 0.2) is 0 Å². The van der Waals surface area contributed by atoms with Crippen LogP contribution in [0.1, 0.15) is 22.8 Å². The van der Waals surface area contributed by atoms with Crippen molar-refractivity contribution >= 4 is 12.6 Å². The van der Waals surface area contributed by atoms with E-state index in [9.17, 15) is 5.11 Å². The number of rotatable bonds is 4. The van der Waals surface area contributed by atoms with Crippen LogP contribution in [0.25, 0.3) is 0 Å². The van der Waals surface area contributed by atoms with Crippen molar-refractivity contribution in [3.8, 4) is 0 Å². The monoisotopic (exact) mass is 244 g/mol. The Bertz CT molecular complexity index is 467. The SMILES string of the molecule is OC(Cc1ccccc1CS)c1ccccc1. The Morgan fingerprint density at radius 2 is 1.47 bits per heavy atom. The van der Waals surface area contributed by atoms with E-state index in [-0.39, 0.29) is 0 Å². The van der Waals surface area contributed by atoms with E-state index in [1.165, 1.54) is 11.1 Å². The lowest BCUT2D eigenvalue weighted by Crippen LogP contribution is -2.03. The van der Waals surface area contributed by atoms with Crippen LogP contribution in [0.15, 0.2) is 54.6 Å². The van der Waals surface area contributed by atoms with Crippen LogP contribution < -0.4 is 0 Å². The molecule has 0 aliphatic rings. The van der Waals surface area contributed by atoms with Crippen molar-refractivity contribution in [2.45, 2.75) is 18.3 Å². The van der Waals surface area contributed by atoms with Gasteiger partial charge < -0.3 is 5.11 Å². The zero-order chi connectivity index (χ0) is 12.1. The zero-order valence-corrected chi connectivity index (χ0v) is 10.5. The fraction of sp³-hybridized carbons (Fsp3) is 0.200. The molecule has 1 unspecified atom stereocenters. The zero-order valence-electron chi connectivity index (χ0n) is 9.58. The Morgan fingerprint density at radius 1 is 0.882 bits per heavy atom. The molecule has 0 aliphatic heterocycles. The van der Waals surface area contributed by atoms with Crippen LogP contribution in [0, 0.1) is 0 Å². The number of hydrogen-bond acceptors (Lipinski definition) is 2. The van der Waals surface area contributed by atoms with E-state index in [1.54, 1.807) is 0 Å². The Balaban J connectivity index is 2.16. The molecule has 0 fully saturated rings. The minimum absolute atomic E-state index is 0.447. The molecule has 0 aliphatic carbocycles. The summed E-state index contributed by atoms with van der Waals surface area (Å²) in [6.45, 7) is 0. The number of benzene rings is 2. The molecule has 2 rings (SSSR count). The Hall–Kier alpha value is -1.25. The minimum atomic E-state index is -0.447. The summed E-state index contributed by atoms with van der Waals surface area (Å²) in [5.41, 5.74) is 3.31. The van der Waals surface area contributed by atoms with Gasteiger partial charge in [-0.25, -0.2) is 0 Å². The van der Waals surface area contributed by atoms with Gasteiger partial charge in [-0.2, -0.15) is 12.6 Å². The molecule has 0 amide bonds. The van der Waals surface area contributed by atoms with Gasteiger partial charge in [-0.3, -0.25) is 0 Å². The molecule has 2 aromatic carbocycles. The van der Waals surface area contributed by atoms with Crippen molar-refractivity contribution in [1.82, 2.24) is 0 Å². The molecule has 2 aromatic rings. The van der Waals surface area contributed by atoms with Gasteiger partial charge >= 0.3 is 0 Å². The van der Waals surface area contributed by atoms with Crippen molar-refractivity contribution in [2.75, 3.05) is 0 Å². The van der Waals surface area contributed by atoms with Gasteiger partial charge in [0.2, 0.25) is 0 Å². The first-order valence-electron chi connectivity index (χ1n) is 5.72. The number of aliphatic hydroxyl groups excluding tert-OH is 1. The minimum Gasteiger partial charge on any atom is -0.388 e. The average molecular weight is 244 g/mol. The second-order valence-corrected chi connectivity index (χ2v) is 4.37. The average Bonchev–Trinajstić information content (AvgIpc) is 2.40. The van der Waals surface area contributed by atoms with Crippen molar-refractivity contribution in [2.24, 2.45) is 0 Å². The van der Waals surface area contributed by atoms with Gasteiger partial charge in [0.1, 0.15) is 0 Å². The molecule has 0 bridgehead atoms. The highest BCUT2D eigenvalue weighted by Gasteiger charge is 2.09. The maximum Gasteiger partial charge on any atom is 0.0830 e. The highest BCUT2D eigenvalue weighted by molar-refractivity contribution is 7.79. The van der Waals surface area contributed by atoms with Gasteiger partial charge in [0, 0.05) is 12.2 Å². The third-order valence-corrected chi connectivity index (χ3v) is 3.23. The largest absolute Gasteiger partial charge is 0.388 e. The first-order valence-corrected chi connectivity index (χ1v) is 6.35. The highest BCUT2D eigenvalue weighted by atomic mass is 32.1. The van der Waals surface area contributed by atoms with E-state index in [0.29, 0.717) is 12.2 Å². The predicted molar refractivity (Wildman–Crippen MR) is 74.2 cm³/mol. The third-order valence-electron chi connectivity index (χ3n) is 2.89. The Labute approximate surface area is 108 Å². The van der Waals surface area contributed by atoms with Gasteiger partial charge in [-0.1, -0.05) is 54.6 Å². The fourth-order valence-electron chi connectivity index (χ4n) is 1.91. The molecule has 0 radical (unpaired) electrons. The Morgan fingerprint density at radius 3 is 2.12 bits per heavy atom. The molecule has 17 heavy (non-hydrogen) atoms. The summed E-state index contributed by atoms with van der Waals surface area (Å²) in [5.74, 6) is 0.706. The lowest BCUT2D eigenvalue weighted by Gasteiger charge is -2.13. The molecule has 0 heterocycles. The number of aliphatic hydroxyl groups is 1. The quantitative estimate of drug-likeness (QED) is 0.790. The smallest absolute Gasteiger partial charge is 0.0830 e. The summed E-state index contributed by atoms with van der Waals surface area (Å²) in [7, 11) is 0.